The summed E-state index contributed by atoms with van der Waals surface area (Å²) in [6, 6.07) is 0. The highest BCUT2D eigenvalue weighted by Crippen LogP contribution is 2.08. The van der Waals surface area contributed by atoms with Gasteiger partial charge in [0.2, 0.25) is 5.70 Å². The van der Waals surface area contributed by atoms with Gasteiger partial charge in [-0.15, -0.1) is 0 Å². The molecule has 0 unspecified atom stereocenters. The van der Waals surface area contributed by atoms with Crippen LogP contribution in [-0.4, -0.2) is 4.92 Å². The Morgan fingerprint density at radius 1 is 1.55 bits per heavy atom. The van der Waals surface area contributed by atoms with Crippen molar-refractivity contribution >= 4 is 0 Å². The maximum Gasteiger partial charge on any atom is 0.242 e. The summed E-state index contributed by atoms with van der Waals surface area (Å²) in [7, 11) is 0. The number of nitrogens with zero attached hydrogens (tertiary/aromatic N) is 1. The number of unbranched alkanes of at least 4 members (excludes halogenated alkanes) is 2. The molecule has 0 aromatic heterocycles. The van der Waals surface area contributed by atoms with Crippen LogP contribution in [0.3, 0.4) is 0 Å². The topological polar surface area (TPSA) is 43.1 Å². The second-order valence-electron chi connectivity index (χ2n) is 2.49. The first-order valence-corrected chi connectivity index (χ1v) is 4.02. The molecule has 0 radical (unpaired) electrons. The zero-order valence-electron chi connectivity index (χ0n) is 7.17. The molecule has 0 saturated heterocycles. The first-order chi connectivity index (χ1) is 5.22. The van der Waals surface area contributed by atoms with Crippen molar-refractivity contribution < 1.29 is 4.92 Å². The normalized spacial score (nSPS) is 11.6. The van der Waals surface area contributed by atoms with Gasteiger partial charge in [-0.3, -0.25) is 10.1 Å². The largest absolute Gasteiger partial charge is 0.259 e. The molecule has 0 atom stereocenters. The zero-order chi connectivity index (χ0) is 8.69. The quantitative estimate of drug-likeness (QED) is 0.350. The molecule has 0 N–H and O–H groups in total. The Morgan fingerprint density at radius 3 is 2.55 bits per heavy atom. The van der Waals surface area contributed by atoms with Crippen LogP contribution in [0.2, 0.25) is 0 Å². The van der Waals surface area contributed by atoms with Crippen molar-refractivity contribution in [2.24, 2.45) is 0 Å². The minimum absolute atomic E-state index is 0.296. The van der Waals surface area contributed by atoms with Gasteiger partial charge in [0, 0.05) is 6.42 Å². The predicted molar refractivity (Wildman–Crippen MR) is 44.9 cm³/mol. The van der Waals surface area contributed by atoms with Crippen molar-refractivity contribution in [2.45, 2.75) is 39.5 Å². The summed E-state index contributed by atoms with van der Waals surface area (Å²) in [5.74, 6) is 0. The molecule has 0 aromatic rings. The van der Waals surface area contributed by atoms with E-state index in [1.54, 1.807) is 13.0 Å². The third-order valence-corrected chi connectivity index (χ3v) is 1.60. The molecule has 64 valence electrons. The average Bonchev–Trinajstić information content (AvgIpc) is 1.97. The molecule has 0 amide bonds. The highest BCUT2D eigenvalue weighted by Gasteiger charge is 2.06. The smallest absolute Gasteiger partial charge is 0.242 e. The Labute approximate surface area is 67.3 Å². The Bertz CT molecular complexity index is 152. The molecule has 0 bridgehead atoms. The molecule has 3 heteroatoms. The summed E-state index contributed by atoms with van der Waals surface area (Å²) in [4.78, 5) is 9.97. The minimum atomic E-state index is -0.296. The highest BCUT2D eigenvalue weighted by atomic mass is 16.6. The van der Waals surface area contributed by atoms with Gasteiger partial charge in [-0.05, 0) is 19.4 Å². The maximum atomic E-state index is 10.3. The molecule has 0 aromatic carbocycles. The summed E-state index contributed by atoms with van der Waals surface area (Å²) in [6.45, 7) is 3.80. The van der Waals surface area contributed by atoms with Crippen molar-refractivity contribution in [3.05, 3.63) is 21.9 Å². The highest BCUT2D eigenvalue weighted by molar-refractivity contribution is 4.88. The molecule has 0 fully saturated rings. The lowest BCUT2D eigenvalue weighted by Crippen LogP contribution is -1.97. The molecule has 0 aliphatic rings. The van der Waals surface area contributed by atoms with E-state index in [4.69, 9.17) is 0 Å². The second-order valence-corrected chi connectivity index (χ2v) is 2.49. The second kappa shape index (κ2) is 5.89. The third kappa shape index (κ3) is 4.53. The lowest BCUT2D eigenvalue weighted by Gasteiger charge is -1.95. The third-order valence-electron chi connectivity index (χ3n) is 1.60. The van der Waals surface area contributed by atoms with Gasteiger partial charge >= 0.3 is 0 Å². The van der Waals surface area contributed by atoms with Crippen LogP contribution in [-0.2, 0) is 0 Å². The monoisotopic (exact) mass is 157 g/mol. The van der Waals surface area contributed by atoms with Gasteiger partial charge in [0.15, 0.2) is 0 Å². The first-order valence-electron chi connectivity index (χ1n) is 4.02. The lowest BCUT2D eigenvalue weighted by molar-refractivity contribution is -0.428. The van der Waals surface area contributed by atoms with E-state index in [0.717, 1.165) is 19.3 Å². The minimum Gasteiger partial charge on any atom is -0.259 e. The molecule has 0 aliphatic heterocycles. The van der Waals surface area contributed by atoms with Gasteiger partial charge in [-0.25, -0.2) is 0 Å². The van der Waals surface area contributed by atoms with E-state index in [2.05, 4.69) is 6.92 Å². The molecule has 0 heterocycles. The van der Waals surface area contributed by atoms with Crippen LogP contribution in [0.5, 0.6) is 0 Å². The van der Waals surface area contributed by atoms with Crippen molar-refractivity contribution in [1.82, 2.24) is 0 Å². The molecule has 0 aliphatic carbocycles. The van der Waals surface area contributed by atoms with Crippen molar-refractivity contribution in [3.63, 3.8) is 0 Å². The Balaban J connectivity index is 3.63. The van der Waals surface area contributed by atoms with E-state index < -0.39 is 0 Å². The summed E-state index contributed by atoms with van der Waals surface area (Å²) in [6.07, 6.45) is 5.30. The lowest BCUT2D eigenvalue weighted by atomic mass is 10.1. The Morgan fingerprint density at radius 2 is 2.18 bits per heavy atom. The van der Waals surface area contributed by atoms with Crippen molar-refractivity contribution in [2.75, 3.05) is 0 Å². The van der Waals surface area contributed by atoms with Gasteiger partial charge in [0.05, 0.1) is 4.92 Å². The van der Waals surface area contributed by atoms with Gasteiger partial charge < -0.3 is 0 Å². The fourth-order valence-electron chi connectivity index (χ4n) is 0.897. The fourth-order valence-corrected chi connectivity index (χ4v) is 0.897. The summed E-state index contributed by atoms with van der Waals surface area (Å²) in [5, 5.41) is 10.3. The van der Waals surface area contributed by atoms with Crippen LogP contribution in [0.25, 0.3) is 0 Å². The maximum absolute atomic E-state index is 10.3. The number of hydrogen-bond acceptors (Lipinski definition) is 2. The average molecular weight is 157 g/mol. The van der Waals surface area contributed by atoms with E-state index in [1.807, 2.05) is 0 Å². The van der Waals surface area contributed by atoms with Crippen LogP contribution in [0.4, 0.5) is 0 Å². The SMILES string of the molecule is C/C=C(/CCCCC)[N+](=O)[O-]. The van der Waals surface area contributed by atoms with Crippen LogP contribution in [0.15, 0.2) is 11.8 Å². The first kappa shape index (κ1) is 10.1. The van der Waals surface area contributed by atoms with E-state index in [1.165, 1.54) is 0 Å². The molecule has 0 saturated carbocycles. The van der Waals surface area contributed by atoms with Crippen LogP contribution >= 0.6 is 0 Å². The Hall–Kier alpha value is -0.860. The van der Waals surface area contributed by atoms with Crippen molar-refractivity contribution in [1.29, 1.82) is 0 Å². The van der Waals surface area contributed by atoms with E-state index in [9.17, 15) is 10.1 Å². The molecule has 0 spiro atoms. The molecule has 0 rings (SSSR count). The van der Waals surface area contributed by atoms with Crippen molar-refractivity contribution in [3.8, 4) is 0 Å². The number of nitro groups is 1. The fraction of sp³-hybridized carbons (Fsp3) is 0.750. The van der Waals surface area contributed by atoms with E-state index in [-0.39, 0.29) is 4.92 Å². The van der Waals surface area contributed by atoms with Gasteiger partial charge in [0.25, 0.3) is 0 Å². The molecule has 11 heavy (non-hydrogen) atoms. The summed E-state index contributed by atoms with van der Waals surface area (Å²) < 4.78 is 0. The molecular formula is C8H15NO2. The molecular weight excluding hydrogens is 142 g/mol. The van der Waals surface area contributed by atoms with E-state index >= 15 is 0 Å². The standard InChI is InChI=1S/C8H15NO2/c1-3-5-6-7-8(4-2)9(10)11/h4H,3,5-7H2,1-2H3/b8-4-. The number of allylic oxidation sites excluding steroid dienone is 2. The van der Waals surface area contributed by atoms with Crippen LogP contribution in [0, 0.1) is 10.1 Å². The van der Waals surface area contributed by atoms with Gasteiger partial charge in [-0.2, -0.15) is 0 Å². The van der Waals surface area contributed by atoms with Gasteiger partial charge in [-0.1, -0.05) is 19.8 Å². The Kier molecular flexibility index (Phi) is 5.43. The van der Waals surface area contributed by atoms with Crippen LogP contribution < -0.4 is 0 Å². The zero-order valence-corrected chi connectivity index (χ0v) is 7.17. The number of rotatable bonds is 5. The molecule has 3 nitrogen and oxygen atoms in total. The predicted octanol–water partition coefficient (Wildman–Crippen LogP) is 2.75. The van der Waals surface area contributed by atoms with Gasteiger partial charge in [0.1, 0.15) is 0 Å². The van der Waals surface area contributed by atoms with Crippen LogP contribution in [0.1, 0.15) is 39.5 Å². The summed E-state index contributed by atoms with van der Waals surface area (Å²) >= 11 is 0. The van der Waals surface area contributed by atoms with E-state index in [0.29, 0.717) is 12.1 Å². The summed E-state index contributed by atoms with van der Waals surface area (Å²) in [5.41, 5.74) is 0.346. The number of hydrogen-bond donors (Lipinski definition) is 0.